The fraction of sp³-hybridized carbons (Fsp3) is 0.417. The molecule has 2 aromatic rings. The average molecular weight is 440 g/mol. The number of rotatable bonds is 7. The van der Waals surface area contributed by atoms with Gasteiger partial charge in [-0.25, -0.2) is 0 Å². The molecular formula is C24H33N5O3. The summed E-state index contributed by atoms with van der Waals surface area (Å²) in [6.07, 6.45) is 0. The van der Waals surface area contributed by atoms with Crippen LogP contribution in [0.2, 0.25) is 0 Å². The highest BCUT2D eigenvalue weighted by Crippen LogP contribution is 2.25. The number of hydrogen-bond donors (Lipinski definition) is 2. The van der Waals surface area contributed by atoms with Crippen LogP contribution in [0.1, 0.15) is 21.5 Å². The van der Waals surface area contributed by atoms with E-state index < -0.39 is 0 Å². The van der Waals surface area contributed by atoms with E-state index in [9.17, 15) is 4.79 Å². The Labute approximate surface area is 190 Å². The summed E-state index contributed by atoms with van der Waals surface area (Å²) in [4.78, 5) is 21.0. The van der Waals surface area contributed by atoms with Gasteiger partial charge >= 0.3 is 0 Å². The number of guanidine groups is 1. The Hall–Kier alpha value is -3.26. The van der Waals surface area contributed by atoms with E-state index in [2.05, 4.69) is 25.4 Å². The first kappa shape index (κ1) is 23.4. The SMILES string of the molecule is CN=C(NCc1cccc(C(=O)NC)c1)N1CCN(Cc2cc(OC)ccc2OC)CC1. The van der Waals surface area contributed by atoms with Crippen molar-refractivity contribution in [2.45, 2.75) is 13.1 Å². The number of nitrogens with zero attached hydrogens (tertiary/aromatic N) is 3. The van der Waals surface area contributed by atoms with Crippen LogP contribution in [0.15, 0.2) is 47.5 Å². The number of carbonyl (C=O) groups is 1. The van der Waals surface area contributed by atoms with Gasteiger partial charge in [0.25, 0.3) is 5.91 Å². The van der Waals surface area contributed by atoms with E-state index in [4.69, 9.17) is 9.47 Å². The number of aliphatic imine (C=N–C) groups is 1. The minimum Gasteiger partial charge on any atom is -0.497 e. The van der Waals surface area contributed by atoms with E-state index in [1.807, 2.05) is 42.5 Å². The maximum Gasteiger partial charge on any atom is 0.251 e. The molecule has 1 heterocycles. The van der Waals surface area contributed by atoms with Crippen LogP contribution < -0.4 is 20.1 Å². The molecule has 0 saturated carbocycles. The maximum absolute atomic E-state index is 11.9. The predicted octanol–water partition coefficient (Wildman–Crippen LogP) is 1.96. The van der Waals surface area contributed by atoms with Crippen LogP contribution in [0.3, 0.4) is 0 Å². The van der Waals surface area contributed by atoms with Gasteiger partial charge in [0.1, 0.15) is 11.5 Å². The first-order valence-electron chi connectivity index (χ1n) is 10.8. The summed E-state index contributed by atoms with van der Waals surface area (Å²) in [5.41, 5.74) is 2.82. The number of benzene rings is 2. The Bertz CT molecular complexity index is 939. The topological polar surface area (TPSA) is 78.4 Å². The molecule has 172 valence electrons. The van der Waals surface area contributed by atoms with Gasteiger partial charge in [0.2, 0.25) is 0 Å². The summed E-state index contributed by atoms with van der Waals surface area (Å²) in [6, 6.07) is 13.5. The molecule has 0 spiro atoms. The zero-order chi connectivity index (χ0) is 22.9. The molecule has 1 aliphatic heterocycles. The molecule has 0 unspecified atom stereocenters. The molecule has 2 aromatic carbocycles. The Morgan fingerprint density at radius 3 is 2.50 bits per heavy atom. The van der Waals surface area contributed by atoms with Crippen LogP contribution in [0, 0.1) is 0 Å². The molecule has 0 radical (unpaired) electrons. The Morgan fingerprint density at radius 1 is 1.06 bits per heavy atom. The molecule has 1 saturated heterocycles. The van der Waals surface area contributed by atoms with E-state index in [0.717, 1.165) is 61.3 Å². The zero-order valence-corrected chi connectivity index (χ0v) is 19.4. The van der Waals surface area contributed by atoms with Crippen molar-refractivity contribution in [1.82, 2.24) is 20.4 Å². The lowest BCUT2D eigenvalue weighted by Gasteiger charge is -2.36. The van der Waals surface area contributed by atoms with E-state index in [1.165, 1.54) is 0 Å². The summed E-state index contributed by atoms with van der Waals surface area (Å²) >= 11 is 0. The van der Waals surface area contributed by atoms with Crippen molar-refractivity contribution in [2.75, 3.05) is 54.5 Å². The summed E-state index contributed by atoms with van der Waals surface area (Å²) in [5, 5.41) is 6.09. The summed E-state index contributed by atoms with van der Waals surface area (Å²) in [7, 11) is 6.82. The smallest absolute Gasteiger partial charge is 0.251 e. The minimum atomic E-state index is -0.0833. The molecule has 8 nitrogen and oxygen atoms in total. The molecule has 8 heteroatoms. The molecular weight excluding hydrogens is 406 g/mol. The number of methoxy groups -OCH3 is 2. The normalized spacial score (nSPS) is 14.8. The third-order valence-electron chi connectivity index (χ3n) is 5.63. The van der Waals surface area contributed by atoms with Crippen LogP contribution in [0.4, 0.5) is 0 Å². The molecule has 1 fully saturated rings. The molecule has 1 amide bonds. The zero-order valence-electron chi connectivity index (χ0n) is 19.4. The fourth-order valence-corrected chi connectivity index (χ4v) is 3.84. The number of amides is 1. The van der Waals surface area contributed by atoms with Crippen molar-refractivity contribution in [1.29, 1.82) is 0 Å². The maximum atomic E-state index is 11.9. The first-order chi connectivity index (χ1) is 15.6. The van der Waals surface area contributed by atoms with Gasteiger partial charge in [0.15, 0.2) is 5.96 Å². The highest BCUT2D eigenvalue weighted by atomic mass is 16.5. The lowest BCUT2D eigenvalue weighted by Crippen LogP contribution is -2.52. The number of nitrogens with one attached hydrogen (secondary N) is 2. The largest absolute Gasteiger partial charge is 0.497 e. The van der Waals surface area contributed by atoms with Crippen molar-refractivity contribution in [3.05, 3.63) is 59.2 Å². The van der Waals surface area contributed by atoms with Gasteiger partial charge < -0.3 is 25.0 Å². The number of piperazine rings is 1. The van der Waals surface area contributed by atoms with Gasteiger partial charge in [-0.15, -0.1) is 0 Å². The predicted molar refractivity (Wildman–Crippen MR) is 126 cm³/mol. The van der Waals surface area contributed by atoms with Gasteiger partial charge in [0.05, 0.1) is 14.2 Å². The van der Waals surface area contributed by atoms with Crippen LogP contribution in [0.25, 0.3) is 0 Å². The third kappa shape index (κ3) is 5.91. The Balaban J connectivity index is 1.54. The van der Waals surface area contributed by atoms with Crippen molar-refractivity contribution >= 4 is 11.9 Å². The van der Waals surface area contributed by atoms with Crippen LogP contribution in [0.5, 0.6) is 11.5 Å². The Morgan fingerprint density at radius 2 is 1.84 bits per heavy atom. The molecule has 2 N–H and O–H groups in total. The molecule has 0 atom stereocenters. The van der Waals surface area contributed by atoms with Crippen molar-refractivity contribution in [3.8, 4) is 11.5 Å². The first-order valence-corrected chi connectivity index (χ1v) is 10.8. The van der Waals surface area contributed by atoms with Gasteiger partial charge in [-0.1, -0.05) is 12.1 Å². The number of ether oxygens (including phenoxy) is 2. The molecule has 1 aliphatic rings. The van der Waals surface area contributed by atoms with Gasteiger partial charge in [-0.05, 0) is 35.9 Å². The lowest BCUT2D eigenvalue weighted by atomic mass is 10.1. The average Bonchev–Trinajstić information content (AvgIpc) is 2.85. The molecule has 0 bridgehead atoms. The second kappa shape index (κ2) is 11.4. The summed E-state index contributed by atoms with van der Waals surface area (Å²) in [6.45, 7) is 5.03. The van der Waals surface area contributed by atoms with Crippen LogP contribution in [-0.2, 0) is 13.1 Å². The van der Waals surface area contributed by atoms with E-state index in [1.54, 1.807) is 28.3 Å². The molecule has 0 aliphatic carbocycles. The van der Waals surface area contributed by atoms with Gasteiger partial charge in [0, 0.05) is 64.5 Å². The quantitative estimate of drug-likeness (QED) is 0.507. The van der Waals surface area contributed by atoms with Crippen LogP contribution in [-0.4, -0.2) is 76.2 Å². The van der Waals surface area contributed by atoms with Crippen molar-refractivity contribution in [2.24, 2.45) is 4.99 Å². The number of hydrogen-bond acceptors (Lipinski definition) is 5. The fourth-order valence-electron chi connectivity index (χ4n) is 3.84. The Kier molecular flexibility index (Phi) is 8.33. The van der Waals surface area contributed by atoms with E-state index in [-0.39, 0.29) is 5.91 Å². The number of carbonyl (C=O) groups excluding carboxylic acids is 1. The minimum absolute atomic E-state index is 0.0833. The van der Waals surface area contributed by atoms with Gasteiger partial charge in [-0.2, -0.15) is 0 Å². The summed E-state index contributed by atoms with van der Waals surface area (Å²) in [5.74, 6) is 2.50. The monoisotopic (exact) mass is 439 g/mol. The second-order valence-corrected chi connectivity index (χ2v) is 7.62. The summed E-state index contributed by atoms with van der Waals surface area (Å²) < 4.78 is 10.9. The molecule has 32 heavy (non-hydrogen) atoms. The van der Waals surface area contributed by atoms with E-state index >= 15 is 0 Å². The van der Waals surface area contributed by atoms with Crippen molar-refractivity contribution in [3.63, 3.8) is 0 Å². The third-order valence-corrected chi connectivity index (χ3v) is 5.63. The molecule has 3 rings (SSSR count). The molecule has 0 aromatic heterocycles. The standard InChI is InChI=1S/C24H33N5O3/c1-25-23(30)19-7-5-6-18(14-19)16-27-24(26-2)29-12-10-28(11-13-29)17-20-15-21(31-3)8-9-22(20)32-4/h5-9,14-15H,10-13,16-17H2,1-4H3,(H,25,30)(H,26,27). The second-order valence-electron chi connectivity index (χ2n) is 7.62. The van der Waals surface area contributed by atoms with Gasteiger partial charge in [-0.3, -0.25) is 14.7 Å². The lowest BCUT2D eigenvalue weighted by molar-refractivity contribution is 0.0963. The highest BCUT2D eigenvalue weighted by Gasteiger charge is 2.21. The highest BCUT2D eigenvalue weighted by molar-refractivity contribution is 5.94. The van der Waals surface area contributed by atoms with Crippen molar-refractivity contribution < 1.29 is 14.3 Å². The van der Waals surface area contributed by atoms with E-state index in [0.29, 0.717) is 12.1 Å². The van der Waals surface area contributed by atoms with Crippen LogP contribution >= 0.6 is 0 Å².